The Balaban J connectivity index is 2.21. The molecule has 4 nitrogen and oxygen atoms in total. The fraction of sp³-hybridized carbons (Fsp3) is 0.917. The van der Waals surface area contributed by atoms with E-state index < -0.39 is 17.0 Å². The van der Waals surface area contributed by atoms with Crippen LogP contribution >= 0.6 is 0 Å². The van der Waals surface area contributed by atoms with Crippen LogP contribution in [0.2, 0.25) is 0 Å². The van der Waals surface area contributed by atoms with Gasteiger partial charge in [0.2, 0.25) is 0 Å². The van der Waals surface area contributed by atoms with Gasteiger partial charge < -0.3 is 14.9 Å². The van der Waals surface area contributed by atoms with Crippen molar-refractivity contribution in [3.63, 3.8) is 0 Å². The van der Waals surface area contributed by atoms with E-state index in [2.05, 4.69) is 0 Å². The van der Waals surface area contributed by atoms with E-state index in [0.717, 1.165) is 25.7 Å². The molecule has 1 saturated carbocycles. The summed E-state index contributed by atoms with van der Waals surface area (Å²) < 4.78 is 5.03. The number of rotatable bonds is 2. The van der Waals surface area contributed by atoms with Crippen molar-refractivity contribution >= 4 is 5.97 Å². The number of aliphatic carboxylic acids is 1. The highest BCUT2D eigenvalue weighted by Crippen LogP contribution is 2.46. The molecule has 0 amide bonds. The van der Waals surface area contributed by atoms with Gasteiger partial charge in [-0.2, -0.15) is 0 Å². The quantitative estimate of drug-likeness (QED) is 0.752. The van der Waals surface area contributed by atoms with Gasteiger partial charge in [0.15, 0.2) is 0 Å². The van der Waals surface area contributed by atoms with Crippen LogP contribution in [0.15, 0.2) is 0 Å². The Morgan fingerprint density at radius 2 is 1.50 bits per heavy atom. The smallest absolute Gasteiger partial charge is 0.312 e. The second-order valence-electron chi connectivity index (χ2n) is 5.18. The molecule has 16 heavy (non-hydrogen) atoms. The second-order valence-corrected chi connectivity index (χ2v) is 5.18. The van der Waals surface area contributed by atoms with E-state index in [0.29, 0.717) is 12.8 Å². The third kappa shape index (κ3) is 1.74. The molecule has 0 aromatic rings. The van der Waals surface area contributed by atoms with E-state index in [1.807, 2.05) is 0 Å². The molecule has 1 aliphatic carbocycles. The summed E-state index contributed by atoms with van der Waals surface area (Å²) in [6.45, 7) is 0.360. The molecule has 4 heteroatoms. The third-order valence-corrected chi connectivity index (χ3v) is 4.19. The van der Waals surface area contributed by atoms with Crippen molar-refractivity contribution in [2.24, 2.45) is 5.41 Å². The first-order chi connectivity index (χ1) is 7.61. The molecule has 1 aliphatic heterocycles. The molecule has 2 rings (SSSR count). The topological polar surface area (TPSA) is 66.8 Å². The Bertz CT molecular complexity index is 262. The van der Waals surface area contributed by atoms with Gasteiger partial charge in [-0.05, 0) is 12.8 Å². The predicted octanol–water partition coefficient (Wildman–Crippen LogP) is 1.56. The largest absolute Gasteiger partial charge is 0.481 e. The summed E-state index contributed by atoms with van der Waals surface area (Å²) in [5, 5.41) is 19.9. The zero-order valence-electron chi connectivity index (χ0n) is 9.57. The minimum atomic E-state index is -1.13. The van der Waals surface area contributed by atoms with Crippen LogP contribution in [0.4, 0.5) is 0 Å². The lowest BCUT2D eigenvalue weighted by Gasteiger charge is -2.50. The average molecular weight is 228 g/mol. The first-order valence-electron chi connectivity index (χ1n) is 6.14. The molecule has 0 aromatic carbocycles. The normalized spacial score (nSPS) is 28.6. The van der Waals surface area contributed by atoms with E-state index in [4.69, 9.17) is 4.74 Å². The molecule has 1 saturated heterocycles. The number of carbonyl (C=O) groups is 1. The van der Waals surface area contributed by atoms with Crippen molar-refractivity contribution in [2.75, 3.05) is 13.2 Å². The number of carboxylic acid groups (broad SMARTS) is 1. The van der Waals surface area contributed by atoms with Crippen molar-refractivity contribution in [3.8, 4) is 0 Å². The van der Waals surface area contributed by atoms with Crippen LogP contribution < -0.4 is 0 Å². The summed E-state index contributed by atoms with van der Waals surface area (Å²) >= 11 is 0. The number of aliphatic hydroxyl groups is 1. The number of ether oxygens (including phenoxy) is 1. The molecule has 0 bridgehead atoms. The van der Waals surface area contributed by atoms with Gasteiger partial charge in [0.05, 0.1) is 13.2 Å². The van der Waals surface area contributed by atoms with Crippen LogP contribution in [0.25, 0.3) is 0 Å². The molecule has 0 aromatic heterocycles. The van der Waals surface area contributed by atoms with Gasteiger partial charge >= 0.3 is 5.97 Å². The Hall–Kier alpha value is -0.610. The van der Waals surface area contributed by atoms with E-state index in [1.165, 1.54) is 6.42 Å². The molecule has 92 valence electrons. The van der Waals surface area contributed by atoms with Gasteiger partial charge in [0.25, 0.3) is 0 Å². The first kappa shape index (κ1) is 11.9. The fourth-order valence-corrected chi connectivity index (χ4v) is 2.96. The number of hydrogen-bond acceptors (Lipinski definition) is 3. The molecule has 0 radical (unpaired) electrons. The highest BCUT2D eigenvalue weighted by molar-refractivity contribution is 5.76. The molecule has 0 unspecified atom stereocenters. The van der Waals surface area contributed by atoms with Gasteiger partial charge in [-0.15, -0.1) is 0 Å². The van der Waals surface area contributed by atoms with E-state index in [-0.39, 0.29) is 13.2 Å². The summed E-state index contributed by atoms with van der Waals surface area (Å²) in [5.74, 6) is -0.847. The second kappa shape index (κ2) is 4.34. The Labute approximate surface area is 95.6 Å². The van der Waals surface area contributed by atoms with Gasteiger partial charge in [-0.25, -0.2) is 0 Å². The highest BCUT2D eigenvalue weighted by atomic mass is 16.5. The van der Waals surface area contributed by atoms with Crippen molar-refractivity contribution < 1.29 is 19.7 Å². The summed E-state index contributed by atoms with van der Waals surface area (Å²) in [4.78, 5) is 11.6. The van der Waals surface area contributed by atoms with Crippen molar-refractivity contribution in [1.82, 2.24) is 0 Å². The first-order valence-corrected chi connectivity index (χ1v) is 6.14. The maximum absolute atomic E-state index is 11.6. The number of carboxylic acids is 1. The van der Waals surface area contributed by atoms with Crippen molar-refractivity contribution in [1.29, 1.82) is 0 Å². The number of hydrogen-bond donors (Lipinski definition) is 2. The molecule has 1 heterocycles. The molecule has 2 fully saturated rings. The minimum Gasteiger partial charge on any atom is -0.481 e. The Kier molecular flexibility index (Phi) is 3.22. The molecule has 0 spiro atoms. The van der Waals surface area contributed by atoms with E-state index in [9.17, 15) is 15.0 Å². The summed E-state index contributed by atoms with van der Waals surface area (Å²) in [6.07, 6.45) is 6.30. The summed E-state index contributed by atoms with van der Waals surface area (Å²) in [6, 6.07) is 0. The van der Waals surface area contributed by atoms with E-state index >= 15 is 0 Å². The average Bonchev–Trinajstić information content (AvgIpc) is 2.14. The summed E-state index contributed by atoms with van der Waals surface area (Å²) in [7, 11) is 0. The van der Waals surface area contributed by atoms with Gasteiger partial charge in [0, 0.05) is 0 Å². The Morgan fingerprint density at radius 3 is 1.88 bits per heavy atom. The van der Waals surface area contributed by atoms with Crippen LogP contribution in [-0.4, -0.2) is 35.0 Å². The van der Waals surface area contributed by atoms with Crippen LogP contribution in [-0.2, 0) is 9.53 Å². The highest BCUT2D eigenvalue weighted by Gasteiger charge is 2.59. The maximum atomic E-state index is 11.6. The minimum absolute atomic E-state index is 0.180. The van der Waals surface area contributed by atoms with Crippen molar-refractivity contribution in [3.05, 3.63) is 0 Å². The van der Waals surface area contributed by atoms with Gasteiger partial charge in [-0.3, -0.25) is 4.79 Å². The zero-order chi connectivity index (χ0) is 11.6. The van der Waals surface area contributed by atoms with E-state index in [1.54, 1.807) is 0 Å². The SMILES string of the molecule is O=C(O)C1(C2(O)COC2)CCCCCCC1. The van der Waals surface area contributed by atoms with Crippen LogP contribution in [0.3, 0.4) is 0 Å². The third-order valence-electron chi connectivity index (χ3n) is 4.19. The lowest BCUT2D eigenvalue weighted by atomic mass is 9.63. The summed E-state index contributed by atoms with van der Waals surface area (Å²) in [5.41, 5.74) is -2.10. The van der Waals surface area contributed by atoms with Crippen LogP contribution in [0.1, 0.15) is 44.9 Å². The standard InChI is InChI=1S/C12H20O4/c13-10(14)11(12(15)8-16-9-12)6-4-2-1-3-5-7-11/h15H,1-9H2,(H,13,14). The predicted molar refractivity (Wildman–Crippen MR) is 58.2 cm³/mol. The molecule has 2 N–H and O–H groups in total. The zero-order valence-corrected chi connectivity index (χ0v) is 9.57. The van der Waals surface area contributed by atoms with Crippen LogP contribution in [0.5, 0.6) is 0 Å². The molecule has 2 aliphatic rings. The van der Waals surface area contributed by atoms with Crippen LogP contribution in [0, 0.1) is 5.41 Å². The maximum Gasteiger partial charge on any atom is 0.312 e. The molecular formula is C12H20O4. The Morgan fingerprint density at radius 1 is 1.00 bits per heavy atom. The lowest BCUT2D eigenvalue weighted by Crippen LogP contribution is -2.64. The fourth-order valence-electron chi connectivity index (χ4n) is 2.96. The lowest BCUT2D eigenvalue weighted by molar-refractivity contribution is -0.249. The van der Waals surface area contributed by atoms with Gasteiger partial charge in [0.1, 0.15) is 11.0 Å². The van der Waals surface area contributed by atoms with Gasteiger partial charge in [-0.1, -0.05) is 32.1 Å². The molecule has 0 atom stereocenters. The molecular weight excluding hydrogens is 208 g/mol. The monoisotopic (exact) mass is 228 g/mol. The van der Waals surface area contributed by atoms with Crippen molar-refractivity contribution in [2.45, 2.75) is 50.5 Å².